The van der Waals surface area contributed by atoms with E-state index in [1.54, 1.807) is 0 Å². The topological polar surface area (TPSA) is 11.4 Å². The van der Waals surface area contributed by atoms with Crippen molar-refractivity contribution in [3.63, 3.8) is 0 Å². The van der Waals surface area contributed by atoms with E-state index in [1.165, 1.54) is 93.4 Å². The van der Waals surface area contributed by atoms with Gasteiger partial charge in [-0.05, 0) is 111 Å². The van der Waals surface area contributed by atoms with Gasteiger partial charge in [0.2, 0.25) is 0 Å². The van der Waals surface area contributed by atoms with Crippen molar-refractivity contribution in [3.05, 3.63) is 271 Å². The minimum absolute atomic E-state index is 0.182. The maximum absolute atomic E-state index is 2.60. The van der Waals surface area contributed by atoms with Crippen molar-refractivity contribution >= 4 is 88.1 Å². The van der Waals surface area contributed by atoms with Gasteiger partial charge >= 0.3 is 0 Å². The molecule has 0 N–H and O–H groups in total. The number of rotatable bonds is 7. The summed E-state index contributed by atoms with van der Waals surface area (Å²) in [6.07, 6.45) is 10.5. The van der Waals surface area contributed by atoms with E-state index in [0.29, 0.717) is 0 Å². The van der Waals surface area contributed by atoms with Gasteiger partial charge in [-0.1, -0.05) is 196 Å². The van der Waals surface area contributed by atoms with Crippen molar-refractivity contribution in [2.45, 2.75) is 25.7 Å². The molecule has 14 rings (SSSR count). The van der Waals surface area contributed by atoms with E-state index in [-0.39, 0.29) is 11.3 Å². The van der Waals surface area contributed by atoms with E-state index in [0.717, 1.165) is 34.9 Å². The van der Waals surface area contributed by atoms with Gasteiger partial charge in [0.15, 0.2) is 0 Å². The van der Waals surface area contributed by atoms with Gasteiger partial charge in [-0.3, -0.25) is 0 Å². The van der Waals surface area contributed by atoms with E-state index in [4.69, 9.17) is 0 Å². The first-order chi connectivity index (χ1) is 34.5. The average molecular weight is 896 g/mol. The summed E-state index contributed by atoms with van der Waals surface area (Å²) in [4.78, 5) is 5.01. The minimum Gasteiger partial charge on any atom is -0.310 e. The van der Waals surface area contributed by atoms with E-state index in [9.17, 15) is 0 Å². The van der Waals surface area contributed by atoms with Crippen molar-refractivity contribution in [2.75, 3.05) is 9.80 Å². The van der Waals surface area contributed by atoms with E-state index in [2.05, 4.69) is 271 Å². The minimum atomic E-state index is -0.359. The lowest BCUT2D eigenvalue weighted by molar-refractivity contribution is 0.648. The van der Waals surface area contributed by atoms with Crippen LogP contribution in [0, 0.1) is 5.92 Å². The van der Waals surface area contributed by atoms with Crippen LogP contribution in [-0.4, -0.2) is 4.57 Å². The molecule has 332 valence electrons. The van der Waals surface area contributed by atoms with Gasteiger partial charge in [0.25, 0.3) is 0 Å². The Morgan fingerprint density at radius 2 is 1.06 bits per heavy atom. The fourth-order valence-corrected chi connectivity index (χ4v) is 12.4. The molecule has 1 unspecified atom stereocenters. The summed E-state index contributed by atoms with van der Waals surface area (Å²) >= 11 is 0. The number of para-hydroxylation sites is 3. The molecule has 0 bridgehead atoms. The molecular formula is C67H49N3. The Kier molecular flexibility index (Phi) is 9.06. The summed E-state index contributed by atoms with van der Waals surface area (Å²) in [6, 6.07) is 80.4. The smallest absolute Gasteiger partial charge is 0.0588 e. The molecule has 3 nitrogen and oxygen atoms in total. The molecule has 11 aromatic rings. The zero-order valence-electron chi connectivity index (χ0n) is 39.2. The molecule has 0 aliphatic heterocycles. The van der Waals surface area contributed by atoms with Gasteiger partial charge in [-0.2, -0.15) is 0 Å². The van der Waals surface area contributed by atoms with Crippen LogP contribution < -0.4 is 9.80 Å². The highest BCUT2D eigenvalue weighted by molar-refractivity contribution is 6.26. The van der Waals surface area contributed by atoms with Crippen molar-refractivity contribution in [1.29, 1.82) is 0 Å². The molecule has 0 spiro atoms. The molecular weight excluding hydrogens is 847 g/mol. The molecule has 0 fully saturated rings. The molecule has 0 saturated heterocycles. The third-order valence-electron chi connectivity index (χ3n) is 15.4. The van der Waals surface area contributed by atoms with Crippen LogP contribution in [0.4, 0.5) is 28.4 Å². The van der Waals surface area contributed by atoms with Gasteiger partial charge < -0.3 is 14.4 Å². The maximum Gasteiger partial charge on any atom is 0.0588 e. The Morgan fingerprint density at radius 1 is 0.500 bits per heavy atom. The summed E-state index contributed by atoms with van der Waals surface area (Å²) in [5.41, 5.74) is 17.2. The SMILES string of the molecule is CC1(C)C2=C(c3ccc4c5c6ccccc6c(N(c6ccccc6)c6cccc7ccccc67)cc5n(-c5ccccc5)c4c31)C1CC=CC=C1C(N(c1ccccc1)c1cccc3ccccc13)=C2. The predicted octanol–water partition coefficient (Wildman–Crippen LogP) is 18.0. The third-order valence-corrected chi connectivity index (χ3v) is 15.4. The molecule has 3 heteroatoms. The Balaban J connectivity index is 1.06. The highest BCUT2D eigenvalue weighted by Crippen LogP contribution is 2.60. The number of benzene rings is 10. The molecule has 1 aromatic heterocycles. The molecule has 0 amide bonds. The monoisotopic (exact) mass is 895 g/mol. The van der Waals surface area contributed by atoms with Gasteiger partial charge in [-0.25, -0.2) is 0 Å². The number of anilines is 5. The quantitative estimate of drug-likeness (QED) is 0.158. The van der Waals surface area contributed by atoms with E-state index in [1.807, 2.05) is 0 Å². The number of aromatic nitrogens is 1. The first kappa shape index (κ1) is 40.4. The Labute approximate surface area is 408 Å². The van der Waals surface area contributed by atoms with Crippen LogP contribution in [0.3, 0.4) is 0 Å². The lowest BCUT2D eigenvalue weighted by Crippen LogP contribution is -2.27. The van der Waals surface area contributed by atoms with Gasteiger partial charge in [-0.15, -0.1) is 0 Å². The normalized spacial score (nSPS) is 15.8. The zero-order valence-corrected chi connectivity index (χ0v) is 39.2. The Bertz CT molecular complexity index is 4050. The average Bonchev–Trinajstić information content (AvgIpc) is 3.87. The van der Waals surface area contributed by atoms with Crippen LogP contribution in [-0.2, 0) is 5.41 Å². The lowest BCUT2D eigenvalue weighted by atomic mass is 9.73. The van der Waals surface area contributed by atoms with E-state index >= 15 is 0 Å². The van der Waals surface area contributed by atoms with Crippen molar-refractivity contribution in [1.82, 2.24) is 4.57 Å². The number of allylic oxidation sites excluding steroid dienone is 7. The van der Waals surface area contributed by atoms with Crippen molar-refractivity contribution < 1.29 is 0 Å². The highest BCUT2D eigenvalue weighted by Gasteiger charge is 2.46. The molecule has 3 aliphatic carbocycles. The molecule has 0 saturated carbocycles. The summed E-state index contributed by atoms with van der Waals surface area (Å²) in [6.45, 7) is 4.96. The van der Waals surface area contributed by atoms with Crippen LogP contribution in [0.1, 0.15) is 31.4 Å². The molecule has 1 heterocycles. The number of fused-ring (bicyclic) bond motifs is 12. The number of hydrogen-bond donors (Lipinski definition) is 0. The fourth-order valence-electron chi connectivity index (χ4n) is 12.4. The highest BCUT2D eigenvalue weighted by atomic mass is 15.2. The fraction of sp³-hybridized carbons (Fsp3) is 0.0746. The summed E-state index contributed by atoms with van der Waals surface area (Å²) < 4.78 is 2.60. The largest absolute Gasteiger partial charge is 0.310 e. The molecule has 1 atom stereocenters. The van der Waals surface area contributed by atoms with Crippen LogP contribution >= 0.6 is 0 Å². The van der Waals surface area contributed by atoms with Gasteiger partial charge in [0, 0.05) is 55.3 Å². The summed E-state index contributed by atoms with van der Waals surface area (Å²) in [7, 11) is 0. The Hall–Kier alpha value is -8.66. The standard InChI is InChI=1S/C67H49N3/c1-67(2)57-42-60(68(46-26-6-3-7-27-46)58-38-20-24-44-22-12-14-32-49(44)58)51-34-16-18-36-53(51)63(57)55-40-41-56-64-54-37-19-17-35-52(54)61(43-62(64)70(66(56)65(55)67)48-30-10-5-11-31-48)69(47-28-8-4-9-29-47)59-39-21-25-45-23-13-15-33-50(45)59/h3-35,37-43,53H,36H2,1-2H3. The van der Waals surface area contributed by atoms with Crippen LogP contribution in [0.15, 0.2) is 260 Å². The lowest BCUT2D eigenvalue weighted by Gasteiger charge is -2.38. The molecule has 10 aromatic carbocycles. The first-order valence-corrected chi connectivity index (χ1v) is 24.6. The summed E-state index contributed by atoms with van der Waals surface area (Å²) in [5, 5.41) is 9.89. The predicted molar refractivity (Wildman–Crippen MR) is 296 cm³/mol. The Morgan fingerprint density at radius 3 is 1.73 bits per heavy atom. The number of nitrogens with zero attached hydrogens (tertiary/aromatic N) is 3. The van der Waals surface area contributed by atoms with Crippen LogP contribution in [0.5, 0.6) is 0 Å². The molecule has 0 radical (unpaired) electrons. The molecule has 70 heavy (non-hydrogen) atoms. The second kappa shape index (κ2) is 15.7. The summed E-state index contributed by atoms with van der Waals surface area (Å²) in [5.74, 6) is 0.182. The van der Waals surface area contributed by atoms with Gasteiger partial charge in [0.1, 0.15) is 0 Å². The molecule has 3 aliphatic rings. The zero-order chi connectivity index (χ0) is 46.5. The van der Waals surface area contributed by atoms with Crippen molar-refractivity contribution in [3.8, 4) is 5.69 Å². The van der Waals surface area contributed by atoms with Crippen LogP contribution in [0.2, 0.25) is 0 Å². The second-order valence-electron chi connectivity index (χ2n) is 19.5. The number of hydrogen-bond acceptors (Lipinski definition) is 2. The second-order valence-corrected chi connectivity index (χ2v) is 19.5. The van der Waals surface area contributed by atoms with E-state index < -0.39 is 0 Å². The first-order valence-electron chi connectivity index (χ1n) is 24.6. The van der Waals surface area contributed by atoms with Gasteiger partial charge in [0.05, 0.1) is 33.8 Å². The van der Waals surface area contributed by atoms with Crippen LogP contribution in [0.25, 0.3) is 65.4 Å². The van der Waals surface area contributed by atoms with Crippen molar-refractivity contribution in [2.24, 2.45) is 5.92 Å². The maximum atomic E-state index is 2.60. The third kappa shape index (κ3) is 5.94.